The molecule has 20 heavy (non-hydrogen) atoms. The molecule has 0 radical (unpaired) electrons. The highest BCUT2D eigenvalue weighted by molar-refractivity contribution is 7.98. The van der Waals surface area contributed by atoms with E-state index in [1.807, 2.05) is 25.2 Å². The summed E-state index contributed by atoms with van der Waals surface area (Å²) in [7, 11) is 3.62. The number of nitrogens with zero attached hydrogens (tertiary/aromatic N) is 1. The third kappa shape index (κ3) is 3.99. The van der Waals surface area contributed by atoms with Gasteiger partial charge >= 0.3 is 0 Å². The van der Waals surface area contributed by atoms with E-state index < -0.39 is 0 Å². The van der Waals surface area contributed by atoms with E-state index >= 15 is 0 Å². The highest BCUT2D eigenvalue weighted by atomic mass is 32.2. The number of benzene rings is 1. The van der Waals surface area contributed by atoms with Crippen LogP contribution in [-0.4, -0.2) is 19.1 Å². The summed E-state index contributed by atoms with van der Waals surface area (Å²) < 4.78 is 5.14. The molecule has 1 heterocycles. The Morgan fingerprint density at radius 2 is 2.05 bits per heavy atom. The fourth-order valence-electron chi connectivity index (χ4n) is 1.85. The molecule has 2 rings (SSSR count). The van der Waals surface area contributed by atoms with Crippen LogP contribution in [-0.2, 0) is 5.75 Å². The summed E-state index contributed by atoms with van der Waals surface area (Å²) in [5.74, 6) is 1.51. The van der Waals surface area contributed by atoms with Gasteiger partial charge in [0.15, 0.2) is 0 Å². The molecule has 1 aromatic carbocycles. The van der Waals surface area contributed by atoms with Crippen molar-refractivity contribution in [3.8, 4) is 5.88 Å². The van der Waals surface area contributed by atoms with Crippen molar-refractivity contribution in [3.63, 3.8) is 0 Å². The van der Waals surface area contributed by atoms with E-state index in [1.54, 1.807) is 18.9 Å². The fourth-order valence-corrected chi connectivity index (χ4v) is 2.72. The van der Waals surface area contributed by atoms with Crippen LogP contribution in [0.5, 0.6) is 5.88 Å². The molecular formula is C16H20N2OS. The highest BCUT2D eigenvalue weighted by Crippen LogP contribution is 2.25. The van der Waals surface area contributed by atoms with Crippen LogP contribution in [0.25, 0.3) is 0 Å². The second kappa shape index (κ2) is 7.31. The van der Waals surface area contributed by atoms with Gasteiger partial charge in [0.1, 0.15) is 0 Å². The van der Waals surface area contributed by atoms with Crippen LogP contribution in [0.4, 0.5) is 0 Å². The maximum absolute atomic E-state index is 5.14. The van der Waals surface area contributed by atoms with Gasteiger partial charge in [-0.15, -0.1) is 11.8 Å². The number of pyridine rings is 1. The number of thioether (sulfide) groups is 1. The molecule has 4 heteroatoms. The highest BCUT2D eigenvalue weighted by Gasteiger charge is 2.04. The lowest BCUT2D eigenvalue weighted by Crippen LogP contribution is -2.11. The molecule has 1 atom stereocenters. The number of nitrogens with one attached hydrogen (secondary N) is 1. The van der Waals surface area contributed by atoms with Gasteiger partial charge in [0.05, 0.1) is 12.8 Å². The molecule has 1 N–H and O–H groups in total. The predicted molar refractivity (Wildman–Crippen MR) is 84.3 cm³/mol. The van der Waals surface area contributed by atoms with Crippen LogP contribution in [0.2, 0.25) is 0 Å². The topological polar surface area (TPSA) is 34.1 Å². The normalized spacial score (nSPS) is 12.2. The fraction of sp³-hybridized carbons (Fsp3) is 0.312. The summed E-state index contributed by atoms with van der Waals surface area (Å²) in [4.78, 5) is 5.68. The number of hydrogen-bond donors (Lipinski definition) is 1. The Balaban J connectivity index is 2.03. The van der Waals surface area contributed by atoms with E-state index in [9.17, 15) is 0 Å². The summed E-state index contributed by atoms with van der Waals surface area (Å²) in [6, 6.07) is 14.8. The molecule has 0 saturated heterocycles. The Morgan fingerprint density at radius 3 is 2.80 bits per heavy atom. The Kier molecular flexibility index (Phi) is 5.44. The van der Waals surface area contributed by atoms with Crippen LogP contribution in [0, 0.1) is 0 Å². The zero-order valence-electron chi connectivity index (χ0n) is 12.1. The van der Waals surface area contributed by atoms with E-state index in [-0.39, 0.29) is 0 Å². The molecule has 0 bridgehead atoms. The van der Waals surface area contributed by atoms with Crippen LogP contribution >= 0.6 is 11.8 Å². The predicted octanol–water partition coefficient (Wildman–Crippen LogP) is 3.66. The lowest BCUT2D eigenvalue weighted by atomic mass is 10.1. The van der Waals surface area contributed by atoms with Crippen LogP contribution < -0.4 is 10.1 Å². The molecule has 3 nitrogen and oxygen atoms in total. The van der Waals surface area contributed by atoms with E-state index in [0.29, 0.717) is 11.9 Å². The largest absolute Gasteiger partial charge is 0.481 e. The number of aromatic nitrogens is 1. The van der Waals surface area contributed by atoms with Gasteiger partial charge in [-0.3, -0.25) is 0 Å². The van der Waals surface area contributed by atoms with Gasteiger partial charge < -0.3 is 10.1 Å². The summed E-state index contributed by atoms with van der Waals surface area (Å²) >= 11 is 1.79. The Bertz CT molecular complexity index is 560. The number of ether oxygens (including phenoxy) is 1. The summed E-state index contributed by atoms with van der Waals surface area (Å²) in [5, 5.41) is 3.26. The van der Waals surface area contributed by atoms with Gasteiger partial charge in [0, 0.05) is 22.8 Å². The van der Waals surface area contributed by atoms with Gasteiger partial charge in [-0.25, -0.2) is 4.98 Å². The van der Waals surface area contributed by atoms with Gasteiger partial charge in [0.25, 0.3) is 0 Å². The molecule has 1 aromatic heterocycles. The monoisotopic (exact) mass is 288 g/mol. The van der Waals surface area contributed by atoms with Crippen molar-refractivity contribution in [1.82, 2.24) is 10.3 Å². The summed E-state index contributed by atoms with van der Waals surface area (Å²) in [6.45, 7) is 2.16. The second-order valence-corrected chi connectivity index (χ2v) is 5.59. The minimum atomic E-state index is 0.366. The van der Waals surface area contributed by atoms with E-state index in [2.05, 4.69) is 41.5 Å². The SMILES string of the molecule is CNC(C)c1cccc(SCc2cccc(OC)n2)c1. The molecule has 0 saturated carbocycles. The van der Waals surface area contributed by atoms with Crippen molar-refractivity contribution in [2.75, 3.05) is 14.2 Å². The van der Waals surface area contributed by atoms with Gasteiger partial charge in [-0.05, 0) is 37.7 Å². The first-order valence-corrected chi connectivity index (χ1v) is 7.61. The van der Waals surface area contributed by atoms with Crippen LogP contribution in [0.3, 0.4) is 0 Å². The quantitative estimate of drug-likeness (QED) is 0.823. The summed E-state index contributed by atoms with van der Waals surface area (Å²) in [6.07, 6.45) is 0. The third-order valence-electron chi connectivity index (χ3n) is 3.17. The average molecular weight is 288 g/mol. The second-order valence-electron chi connectivity index (χ2n) is 4.54. The molecule has 1 unspecified atom stereocenters. The Labute approximate surface area is 124 Å². The Morgan fingerprint density at radius 1 is 1.25 bits per heavy atom. The van der Waals surface area contributed by atoms with Crippen molar-refractivity contribution in [1.29, 1.82) is 0 Å². The maximum Gasteiger partial charge on any atom is 0.213 e. The van der Waals surface area contributed by atoms with E-state index in [4.69, 9.17) is 4.74 Å². The van der Waals surface area contributed by atoms with Crippen LogP contribution in [0.15, 0.2) is 47.4 Å². The van der Waals surface area contributed by atoms with Crippen molar-refractivity contribution in [3.05, 3.63) is 53.7 Å². The lowest BCUT2D eigenvalue weighted by molar-refractivity contribution is 0.397. The molecule has 106 valence electrons. The number of hydrogen-bond acceptors (Lipinski definition) is 4. The zero-order chi connectivity index (χ0) is 14.4. The minimum Gasteiger partial charge on any atom is -0.481 e. The molecule has 0 spiro atoms. The maximum atomic E-state index is 5.14. The lowest BCUT2D eigenvalue weighted by Gasteiger charge is -2.11. The van der Waals surface area contributed by atoms with Crippen molar-refractivity contribution in [2.45, 2.75) is 23.6 Å². The first-order chi connectivity index (χ1) is 9.72. The zero-order valence-corrected chi connectivity index (χ0v) is 12.9. The average Bonchev–Trinajstić information content (AvgIpc) is 2.52. The standard InChI is InChI=1S/C16H20N2OS/c1-12(17-2)13-6-4-8-15(10-13)20-11-14-7-5-9-16(18-14)19-3/h4-10,12,17H,11H2,1-3H3. The van der Waals surface area contributed by atoms with Gasteiger partial charge in [-0.2, -0.15) is 0 Å². The van der Waals surface area contributed by atoms with Crippen LogP contribution in [0.1, 0.15) is 24.2 Å². The van der Waals surface area contributed by atoms with E-state index in [0.717, 1.165) is 11.4 Å². The third-order valence-corrected chi connectivity index (χ3v) is 4.20. The van der Waals surface area contributed by atoms with Gasteiger partial charge in [-0.1, -0.05) is 18.2 Å². The number of methoxy groups -OCH3 is 1. The van der Waals surface area contributed by atoms with Crippen molar-refractivity contribution >= 4 is 11.8 Å². The summed E-state index contributed by atoms with van der Waals surface area (Å²) in [5.41, 5.74) is 2.33. The molecule has 0 aliphatic heterocycles. The molecular weight excluding hydrogens is 268 g/mol. The van der Waals surface area contributed by atoms with Gasteiger partial charge in [0.2, 0.25) is 5.88 Å². The van der Waals surface area contributed by atoms with Crippen molar-refractivity contribution < 1.29 is 4.74 Å². The number of rotatable bonds is 6. The molecule has 0 aliphatic rings. The molecule has 2 aromatic rings. The Hall–Kier alpha value is -1.52. The molecule has 0 aliphatic carbocycles. The van der Waals surface area contributed by atoms with Crippen molar-refractivity contribution in [2.24, 2.45) is 0 Å². The first kappa shape index (κ1) is 14.9. The molecule has 0 amide bonds. The first-order valence-electron chi connectivity index (χ1n) is 6.63. The molecule has 0 fully saturated rings. The van der Waals surface area contributed by atoms with E-state index in [1.165, 1.54) is 10.5 Å². The smallest absolute Gasteiger partial charge is 0.213 e. The minimum absolute atomic E-state index is 0.366.